The molecule has 2 atom stereocenters. The van der Waals surface area contributed by atoms with Gasteiger partial charge in [0.1, 0.15) is 0 Å². The van der Waals surface area contributed by atoms with Crippen LogP contribution in [0.2, 0.25) is 0 Å². The molecule has 1 nitrogen and oxygen atoms in total. The van der Waals surface area contributed by atoms with Crippen molar-refractivity contribution in [1.29, 1.82) is 0 Å². The van der Waals surface area contributed by atoms with Crippen LogP contribution >= 0.6 is 0 Å². The first-order chi connectivity index (χ1) is 7.34. The van der Waals surface area contributed by atoms with Gasteiger partial charge in [-0.1, -0.05) is 19.1 Å². The zero-order chi connectivity index (χ0) is 10.3. The second kappa shape index (κ2) is 3.55. The van der Waals surface area contributed by atoms with Crippen molar-refractivity contribution in [3.05, 3.63) is 29.8 Å². The molecule has 1 aromatic carbocycles. The van der Waals surface area contributed by atoms with Gasteiger partial charge in [0, 0.05) is 18.8 Å². The van der Waals surface area contributed by atoms with Crippen LogP contribution in [-0.2, 0) is 0 Å². The minimum absolute atomic E-state index is 0.859. The van der Waals surface area contributed by atoms with E-state index in [9.17, 15) is 0 Å². The lowest BCUT2D eigenvalue weighted by atomic mass is 10.1. The third kappa shape index (κ3) is 1.75. The average Bonchev–Trinajstić information content (AvgIpc) is 2.82. The van der Waals surface area contributed by atoms with Gasteiger partial charge in [-0.25, -0.2) is 0 Å². The molecule has 1 heteroatoms. The highest BCUT2D eigenvalue weighted by atomic mass is 15.1. The molecule has 0 bridgehead atoms. The summed E-state index contributed by atoms with van der Waals surface area (Å²) in [6.07, 6.45) is 4.12. The predicted octanol–water partition coefficient (Wildman–Crippen LogP) is 3.41. The quantitative estimate of drug-likeness (QED) is 0.708. The van der Waals surface area contributed by atoms with Crippen molar-refractivity contribution in [1.82, 2.24) is 0 Å². The van der Waals surface area contributed by atoms with Gasteiger partial charge in [-0.05, 0) is 48.8 Å². The van der Waals surface area contributed by atoms with Crippen LogP contribution in [0, 0.1) is 5.92 Å². The summed E-state index contributed by atoms with van der Waals surface area (Å²) in [6.45, 7) is 4.84. The molecule has 1 aromatic rings. The third-order valence-electron chi connectivity index (χ3n) is 3.90. The van der Waals surface area contributed by atoms with E-state index in [4.69, 9.17) is 0 Å². The van der Waals surface area contributed by atoms with Crippen LogP contribution in [-0.4, -0.2) is 13.1 Å². The Labute approximate surface area is 92.1 Å². The maximum absolute atomic E-state index is 2.50. The largest absolute Gasteiger partial charge is 0.372 e. The number of anilines is 1. The zero-order valence-corrected chi connectivity index (χ0v) is 9.45. The van der Waals surface area contributed by atoms with Gasteiger partial charge in [-0.3, -0.25) is 0 Å². The number of hydrogen-bond acceptors (Lipinski definition) is 1. The SMILES string of the molecule is CC1CC1c1ccc(N2CCCC2)cc1. The standard InChI is InChI=1S/C14H19N/c1-11-10-14(11)12-4-6-13(7-5-12)15-8-2-3-9-15/h4-7,11,14H,2-3,8-10H2,1H3. The molecule has 1 saturated heterocycles. The Hall–Kier alpha value is -0.980. The summed E-state index contributed by atoms with van der Waals surface area (Å²) in [6, 6.07) is 9.29. The minimum atomic E-state index is 0.859. The van der Waals surface area contributed by atoms with E-state index in [0.717, 1.165) is 11.8 Å². The van der Waals surface area contributed by atoms with Crippen molar-refractivity contribution in [3.8, 4) is 0 Å². The molecule has 1 aliphatic heterocycles. The molecule has 1 aliphatic carbocycles. The first-order valence-electron chi connectivity index (χ1n) is 6.19. The molecule has 1 heterocycles. The summed E-state index contributed by atoms with van der Waals surface area (Å²) in [5, 5.41) is 0. The molecule has 0 N–H and O–H groups in total. The molecule has 2 fully saturated rings. The molecule has 0 radical (unpaired) electrons. The maximum Gasteiger partial charge on any atom is 0.0366 e. The first-order valence-corrected chi connectivity index (χ1v) is 6.19. The highest BCUT2D eigenvalue weighted by Gasteiger charge is 2.33. The van der Waals surface area contributed by atoms with Gasteiger partial charge in [0.15, 0.2) is 0 Å². The summed E-state index contributed by atoms with van der Waals surface area (Å²) in [7, 11) is 0. The smallest absolute Gasteiger partial charge is 0.0366 e. The predicted molar refractivity (Wildman–Crippen MR) is 64.4 cm³/mol. The van der Waals surface area contributed by atoms with E-state index in [-0.39, 0.29) is 0 Å². The Kier molecular flexibility index (Phi) is 2.19. The van der Waals surface area contributed by atoms with Crippen LogP contribution in [0.5, 0.6) is 0 Å². The molecule has 1 saturated carbocycles. The summed E-state index contributed by atoms with van der Waals surface area (Å²) in [5.41, 5.74) is 2.97. The van der Waals surface area contributed by atoms with Crippen LogP contribution in [0.1, 0.15) is 37.7 Å². The topological polar surface area (TPSA) is 3.24 Å². The van der Waals surface area contributed by atoms with E-state index in [2.05, 4.69) is 36.1 Å². The molecule has 0 aromatic heterocycles. The Bertz CT molecular complexity index is 335. The number of rotatable bonds is 2. The van der Waals surface area contributed by atoms with Gasteiger partial charge in [0.2, 0.25) is 0 Å². The van der Waals surface area contributed by atoms with Gasteiger partial charge >= 0.3 is 0 Å². The highest BCUT2D eigenvalue weighted by molar-refractivity contribution is 5.49. The summed E-state index contributed by atoms with van der Waals surface area (Å²) < 4.78 is 0. The van der Waals surface area contributed by atoms with Gasteiger partial charge < -0.3 is 4.90 Å². The van der Waals surface area contributed by atoms with E-state index in [1.54, 1.807) is 5.56 Å². The molecule has 0 amide bonds. The van der Waals surface area contributed by atoms with Gasteiger partial charge in [0.05, 0.1) is 0 Å². The van der Waals surface area contributed by atoms with Crippen molar-refractivity contribution in [2.24, 2.45) is 5.92 Å². The summed E-state index contributed by atoms with van der Waals surface area (Å²) in [4.78, 5) is 2.50. The highest BCUT2D eigenvalue weighted by Crippen LogP contribution is 2.47. The van der Waals surface area contributed by atoms with Crippen molar-refractivity contribution < 1.29 is 0 Å². The monoisotopic (exact) mass is 201 g/mol. The molecule has 15 heavy (non-hydrogen) atoms. The summed E-state index contributed by atoms with van der Waals surface area (Å²) in [5.74, 6) is 1.78. The number of nitrogens with zero attached hydrogens (tertiary/aromatic N) is 1. The lowest BCUT2D eigenvalue weighted by molar-refractivity contribution is 0.912. The fourth-order valence-corrected chi connectivity index (χ4v) is 2.69. The van der Waals surface area contributed by atoms with Gasteiger partial charge in [-0.2, -0.15) is 0 Å². The lowest BCUT2D eigenvalue weighted by Crippen LogP contribution is -2.17. The lowest BCUT2D eigenvalue weighted by Gasteiger charge is -2.17. The maximum atomic E-state index is 2.50. The number of benzene rings is 1. The molecule has 80 valence electrons. The van der Waals surface area contributed by atoms with Crippen molar-refractivity contribution in [2.75, 3.05) is 18.0 Å². The Morgan fingerprint density at radius 3 is 2.20 bits per heavy atom. The van der Waals surface area contributed by atoms with E-state index in [0.29, 0.717) is 0 Å². The zero-order valence-electron chi connectivity index (χ0n) is 9.45. The van der Waals surface area contributed by atoms with E-state index in [1.165, 1.54) is 38.0 Å². The molecule has 3 rings (SSSR count). The molecule has 2 unspecified atom stereocenters. The number of hydrogen-bond donors (Lipinski definition) is 0. The fraction of sp³-hybridized carbons (Fsp3) is 0.571. The van der Waals surface area contributed by atoms with Crippen LogP contribution in [0.15, 0.2) is 24.3 Å². The second-order valence-electron chi connectivity index (χ2n) is 5.11. The fourth-order valence-electron chi connectivity index (χ4n) is 2.69. The third-order valence-corrected chi connectivity index (χ3v) is 3.90. The van der Waals surface area contributed by atoms with Crippen molar-refractivity contribution in [3.63, 3.8) is 0 Å². The normalized spacial score (nSPS) is 29.5. The van der Waals surface area contributed by atoms with Crippen LogP contribution in [0.3, 0.4) is 0 Å². The van der Waals surface area contributed by atoms with Crippen molar-refractivity contribution in [2.45, 2.75) is 32.1 Å². The Balaban J connectivity index is 1.75. The first kappa shape index (κ1) is 9.26. The van der Waals surface area contributed by atoms with Crippen molar-refractivity contribution >= 4 is 5.69 Å². The molecular formula is C14H19N. The second-order valence-corrected chi connectivity index (χ2v) is 5.11. The van der Waals surface area contributed by atoms with Crippen LogP contribution in [0.4, 0.5) is 5.69 Å². The molecule has 0 spiro atoms. The minimum Gasteiger partial charge on any atom is -0.372 e. The molecule has 2 aliphatic rings. The van der Waals surface area contributed by atoms with E-state index >= 15 is 0 Å². The Morgan fingerprint density at radius 1 is 1.07 bits per heavy atom. The van der Waals surface area contributed by atoms with Gasteiger partial charge in [-0.15, -0.1) is 0 Å². The van der Waals surface area contributed by atoms with Crippen LogP contribution < -0.4 is 4.90 Å². The van der Waals surface area contributed by atoms with Crippen LogP contribution in [0.25, 0.3) is 0 Å². The van der Waals surface area contributed by atoms with E-state index < -0.39 is 0 Å². The Morgan fingerprint density at radius 2 is 1.67 bits per heavy atom. The van der Waals surface area contributed by atoms with Gasteiger partial charge in [0.25, 0.3) is 0 Å². The summed E-state index contributed by atoms with van der Waals surface area (Å²) >= 11 is 0. The van der Waals surface area contributed by atoms with E-state index in [1.807, 2.05) is 0 Å². The average molecular weight is 201 g/mol. The molecular weight excluding hydrogens is 182 g/mol.